The summed E-state index contributed by atoms with van der Waals surface area (Å²) in [7, 11) is -2.47. The van der Waals surface area contributed by atoms with Crippen LogP contribution in [0.1, 0.15) is 18.9 Å². The molecular weight excluding hydrogens is 332 g/mol. The minimum absolute atomic E-state index is 0.0220. The molecule has 0 aliphatic rings. The lowest BCUT2D eigenvalue weighted by atomic mass is 10.2. The van der Waals surface area contributed by atoms with Crippen molar-refractivity contribution < 1.29 is 26.8 Å². The summed E-state index contributed by atoms with van der Waals surface area (Å²) in [6.45, 7) is 3.57. The van der Waals surface area contributed by atoms with Crippen molar-refractivity contribution in [1.29, 1.82) is 0 Å². The van der Waals surface area contributed by atoms with Gasteiger partial charge in [0.05, 0.1) is 6.61 Å². The zero-order valence-corrected chi connectivity index (χ0v) is 14.7. The number of hydrogen-bond donors (Lipinski definition) is 2. The molecule has 2 aromatic rings. The van der Waals surface area contributed by atoms with Crippen molar-refractivity contribution in [3.05, 3.63) is 48.3 Å². The summed E-state index contributed by atoms with van der Waals surface area (Å²) in [5, 5.41) is 12.8. The summed E-state index contributed by atoms with van der Waals surface area (Å²) in [6.07, 6.45) is 4.48. The van der Waals surface area contributed by atoms with Gasteiger partial charge in [0, 0.05) is 17.8 Å². The molecule has 0 fully saturated rings. The molecule has 8 heteroatoms. The van der Waals surface area contributed by atoms with Crippen molar-refractivity contribution in [2.45, 2.75) is 20.3 Å². The van der Waals surface area contributed by atoms with Gasteiger partial charge in [-0.25, -0.2) is 13.0 Å². The number of hydrogen-bond acceptors (Lipinski definition) is 6. The fourth-order valence-corrected chi connectivity index (χ4v) is 2.07. The topological polar surface area (TPSA) is 103 Å². The van der Waals surface area contributed by atoms with Gasteiger partial charge in [-0.2, -0.15) is 0 Å². The first kappa shape index (κ1) is 19.9. The Balaban J connectivity index is 0.000000307. The number of rotatable bonds is 5. The average molecular weight is 354 g/mol. The largest absolute Gasteiger partial charge is 0.726 e. The number of nitrogens with zero attached hydrogens (tertiary/aromatic N) is 1. The van der Waals surface area contributed by atoms with Gasteiger partial charge in [0.1, 0.15) is 18.5 Å². The highest BCUT2D eigenvalue weighted by Crippen LogP contribution is 2.23. The molecule has 1 heterocycles. The lowest BCUT2D eigenvalue weighted by Gasteiger charge is -2.06. The van der Waals surface area contributed by atoms with E-state index in [1.807, 2.05) is 55.2 Å². The van der Waals surface area contributed by atoms with E-state index in [0.717, 1.165) is 16.9 Å². The standard InChI is InChI=1S/C13H14N2O.C3H8O4S/c1-10-5-6-11(8-13(10)16)14-12-4-3-7-15(2)9-12;1-2-3-7-8(4,5)6/h3-9,14H,1-2H3;2-3H2,1H3,(H,4,5,6). The Bertz CT molecular complexity index is 763. The molecular formula is C16H22N2O5S. The van der Waals surface area contributed by atoms with Gasteiger partial charge in [-0.05, 0) is 31.0 Å². The summed E-state index contributed by atoms with van der Waals surface area (Å²) >= 11 is 0. The highest BCUT2D eigenvalue weighted by molar-refractivity contribution is 7.80. The maximum Gasteiger partial charge on any atom is 0.217 e. The van der Waals surface area contributed by atoms with Gasteiger partial charge in [-0.1, -0.05) is 13.0 Å². The highest BCUT2D eigenvalue weighted by atomic mass is 32.3. The fraction of sp³-hybridized carbons (Fsp3) is 0.312. The molecule has 0 saturated heterocycles. The van der Waals surface area contributed by atoms with E-state index >= 15 is 0 Å². The van der Waals surface area contributed by atoms with Gasteiger partial charge in [0.25, 0.3) is 0 Å². The fourth-order valence-electron chi connectivity index (χ4n) is 1.70. The maximum atomic E-state index is 9.61. The van der Waals surface area contributed by atoms with Gasteiger partial charge < -0.3 is 15.0 Å². The van der Waals surface area contributed by atoms with Crippen LogP contribution in [0.25, 0.3) is 0 Å². The second-order valence-electron chi connectivity index (χ2n) is 5.11. The van der Waals surface area contributed by atoms with Gasteiger partial charge in [0.15, 0.2) is 12.4 Å². The number of anilines is 2. The Hall–Kier alpha value is -2.16. The second kappa shape index (κ2) is 9.21. The smallest absolute Gasteiger partial charge is 0.217 e. The predicted octanol–water partition coefficient (Wildman–Crippen LogP) is 2.14. The first-order valence-corrected chi connectivity index (χ1v) is 8.67. The van der Waals surface area contributed by atoms with Crippen molar-refractivity contribution in [1.82, 2.24) is 0 Å². The number of aryl methyl sites for hydroxylation is 2. The van der Waals surface area contributed by atoms with E-state index in [-0.39, 0.29) is 6.61 Å². The summed E-state index contributed by atoms with van der Waals surface area (Å²) in [4.78, 5) is 0. The van der Waals surface area contributed by atoms with Crippen LogP contribution >= 0.6 is 0 Å². The summed E-state index contributed by atoms with van der Waals surface area (Å²) in [6, 6.07) is 9.51. The molecule has 0 aliphatic carbocycles. The second-order valence-corrected chi connectivity index (χ2v) is 6.17. The monoisotopic (exact) mass is 354 g/mol. The molecule has 0 amide bonds. The molecule has 0 spiro atoms. The SMILES string of the molecule is CCCOS(=O)(=O)[O-].Cc1ccc(Nc2ccc[n+](C)c2)cc1O. The van der Waals surface area contributed by atoms with Crippen LogP contribution in [0.2, 0.25) is 0 Å². The Morgan fingerprint density at radius 3 is 2.50 bits per heavy atom. The van der Waals surface area contributed by atoms with Crippen LogP contribution in [0.3, 0.4) is 0 Å². The van der Waals surface area contributed by atoms with Crippen LogP contribution < -0.4 is 9.88 Å². The molecule has 2 rings (SSSR count). The first-order chi connectivity index (χ1) is 11.2. The van der Waals surface area contributed by atoms with Crippen molar-refractivity contribution in [2.75, 3.05) is 11.9 Å². The average Bonchev–Trinajstić information content (AvgIpc) is 2.49. The molecule has 0 atom stereocenters. The predicted molar refractivity (Wildman–Crippen MR) is 89.7 cm³/mol. The van der Waals surface area contributed by atoms with Gasteiger partial charge in [-0.3, -0.25) is 4.18 Å². The quantitative estimate of drug-likeness (QED) is 0.484. The zero-order valence-electron chi connectivity index (χ0n) is 13.9. The number of pyridine rings is 1. The third-order valence-electron chi connectivity index (χ3n) is 2.87. The van der Waals surface area contributed by atoms with Gasteiger partial charge in [0.2, 0.25) is 10.4 Å². The third-order valence-corrected chi connectivity index (χ3v) is 3.32. The van der Waals surface area contributed by atoms with Crippen molar-refractivity contribution in [3.63, 3.8) is 0 Å². The lowest BCUT2D eigenvalue weighted by Crippen LogP contribution is -2.26. The summed E-state index contributed by atoms with van der Waals surface area (Å²) in [5.74, 6) is 0.310. The van der Waals surface area contributed by atoms with Gasteiger partial charge in [-0.15, -0.1) is 0 Å². The van der Waals surface area contributed by atoms with E-state index in [1.165, 1.54) is 0 Å². The van der Waals surface area contributed by atoms with E-state index in [2.05, 4.69) is 9.50 Å². The van der Waals surface area contributed by atoms with Crippen LogP contribution in [-0.2, 0) is 21.6 Å². The number of nitrogens with one attached hydrogen (secondary N) is 1. The highest BCUT2D eigenvalue weighted by Gasteiger charge is 2.01. The molecule has 0 saturated carbocycles. The van der Waals surface area contributed by atoms with E-state index < -0.39 is 10.4 Å². The minimum atomic E-state index is -4.44. The zero-order chi connectivity index (χ0) is 18.2. The number of aromatic nitrogens is 1. The van der Waals surface area contributed by atoms with E-state index in [9.17, 15) is 18.1 Å². The van der Waals surface area contributed by atoms with Crippen molar-refractivity contribution in [2.24, 2.45) is 7.05 Å². The van der Waals surface area contributed by atoms with E-state index in [4.69, 9.17) is 0 Å². The van der Waals surface area contributed by atoms with Crippen LogP contribution in [0, 0.1) is 6.92 Å². The Morgan fingerprint density at radius 2 is 2.00 bits per heavy atom. The molecule has 0 bridgehead atoms. The van der Waals surface area contributed by atoms with Crippen LogP contribution in [0.5, 0.6) is 5.75 Å². The Labute approximate surface area is 142 Å². The summed E-state index contributed by atoms with van der Waals surface area (Å²) in [5.41, 5.74) is 2.76. The van der Waals surface area contributed by atoms with Crippen LogP contribution in [0.15, 0.2) is 42.7 Å². The molecule has 0 unspecified atom stereocenters. The van der Waals surface area contributed by atoms with Crippen LogP contribution in [-0.4, -0.2) is 24.7 Å². The first-order valence-electron chi connectivity index (χ1n) is 7.33. The van der Waals surface area contributed by atoms with Gasteiger partial charge >= 0.3 is 0 Å². The molecule has 2 N–H and O–H groups in total. The normalized spacial score (nSPS) is 10.7. The molecule has 0 aliphatic heterocycles. The number of benzene rings is 1. The van der Waals surface area contributed by atoms with E-state index in [0.29, 0.717) is 12.2 Å². The molecule has 0 radical (unpaired) electrons. The molecule has 7 nitrogen and oxygen atoms in total. The maximum absolute atomic E-state index is 9.61. The lowest BCUT2D eigenvalue weighted by molar-refractivity contribution is -0.670. The summed E-state index contributed by atoms with van der Waals surface area (Å²) < 4.78 is 34.6. The Kier molecular flexibility index (Phi) is 7.63. The number of aromatic hydroxyl groups is 1. The number of phenols is 1. The van der Waals surface area contributed by atoms with Crippen molar-refractivity contribution in [3.8, 4) is 5.75 Å². The van der Waals surface area contributed by atoms with Crippen LogP contribution in [0.4, 0.5) is 11.4 Å². The third kappa shape index (κ3) is 7.91. The molecule has 1 aromatic heterocycles. The molecule has 24 heavy (non-hydrogen) atoms. The van der Waals surface area contributed by atoms with Crippen molar-refractivity contribution >= 4 is 21.8 Å². The van der Waals surface area contributed by atoms with E-state index in [1.54, 1.807) is 13.0 Å². The Morgan fingerprint density at radius 1 is 1.29 bits per heavy atom. The minimum Gasteiger partial charge on any atom is -0.726 e. The number of phenolic OH excluding ortho intramolecular Hbond substituents is 1. The molecule has 1 aromatic carbocycles. The molecule has 132 valence electrons.